The highest BCUT2D eigenvalue weighted by Gasteiger charge is 2.31. The van der Waals surface area contributed by atoms with Crippen molar-refractivity contribution >= 4 is 0 Å². The van der Waals surface area contributed by atoms with Crippen LogP contribution in [0.3, 0.4) is 0 Å². The molecule has 126 valence electrons. The molecule has 2 aliphatic rings. The van der Waals surface area contributed by atoms with Crippen molar-refractivity contribution in [2.24, 2.45) is 0 Å². The van der Waals surface area contributed by atoms with Crippen LogP contribution in [-0.4, -0.2) is 21.3 Å². The summed E-state index contributed by atoms with van der Waals surface area (Å²) >= 11 is 0. The zero-order chi connectivity index (χ0) is 17.0. The SMILES string of the molecule is O[C@H](C[C@@H]1c2ccccc2-c2cncn21)c1cc2c(cc1F)OCC2. The second-order valence-electron chi connectivity index (χ2n) is 6.62. The van der Waals surface area contributed by atoms with Gasteiger partial charge in [-0.2, -0.15) is 0 Å². The van der Waals surface area contributed by atoms with Crippen molar-refractivity contribution in [3.63, 3.8) is 0 Å². The maximum Gasteiger partial charge on any atom is 0.132 e. The fraction of sp³-hybridized carbons (Fsp3) is 0.250. The van der Waals surface area contributed by atoms with Crippen molar-refractivity contribution in [3.8, 4) is 17.0 Å². The molecule has 0 unspecified atom stereocenters. The topological polar surface area (TPSA) is 47.3 Å². The average molecular weight is 336 g/mol. The van der Waals surface area contributed by atoms with E-state index in [1.807, 2.05) is 18.3 Å². The van der Waals surface area contributed by atoms with Crippen molar-refractivity contribution in [3.05, 3.63) is 71.4 Å². The third-order valence-electron chi connectivity index (χ3n) is 5.21. The largest absolute Gasteiger partial charge is 0.493 e. The van der Waals surface area contributed by atoms with Crippen molar-refractivity contribution in [1.29, 1.82) is 0 Å². The van der Waals surface area contributed by atoms with Crippen LogP contribution in [0.15, 0.2) is 48.9 Å². The van der Waals surface area contributed by atoms with Gasteiger partial charge in [-0.15, -0.1) is 0 Å². The number of benzene rings is 2. The lowest BCUT2D eigenvalue weighted by molar-refractivity contribution is 0.149. The Morgan fingerprint density at radius 2 is 2.20 bits per heavy atom. The summed E-state index contributed by atoms with van der Waals surface area (Å²) < 4.78 is 21.9. The predicted molar refractivity (Wildman–Crippen MR) is 91.0 cm³/mol. The van der Waals surface area contributed by atoms with Crippen LogP contribution in [0, 0.1) is 5.82 Å². The van der Waals surface area contributed by atoms with Crippen LogP contribution in [-0.2, 0) is 6.42 Å². The van der Waals surface area contributed by atoms with E-state index in [9.17, 15) is 9.50 Å². The lowest BCUT2D eigenvalue weighted by Gasteiger charge is -2.20. The molecule has 2 atom stereocenters. The normalized spacial score (nSPS) is 18.4. The smallest absolute Gasteiger partial charge is 0.132 e. The first-order valence-electron chi connectivity index (χ1n) is 8.46. The number of nitrogens with zero attached hydrogens (tertiary/aromatic N) is 2. The second kappa shape index (κ2) is 5.43. The zero-order valence-electron chi connectivity index (χ0n) is 13.5. The monoisotopic (exact) mass is 336 g/mol. The third-order valence-corrected chi connectivity index (χ3v) is 5.21. The van der Waals surface area contributed by atoms with Gasteiger partial charge in [0.2, 0.25) is 0 Å². The fourth-order valence-electron chi connectivity index (χ4n) is 3.99. The molecule has 2 aromatic carbocycles. The Labute approximate surface area is 144 Å². The minimum absolute atomic E-state index is 0.0485. The third kappa shape index (κ3) is 2.19. The lowest BCUT2D eigenvalue weighted by Crippen LogP contribution is -2.11. The van der Waals surface area contributed by atoms with Gasteiger partial charge in [0.1, 0.15) is 11.6 Å². The Morgan fingerprint density at radius 3 is 3.12 bits per heavy atom. The molecular weight excluding hydrogens is 319 g/mol. The Hall–Kier alpha value is -2.66. The number of rotatable bonds is 3. The number of imidazole rings is 1. The van der Waals surface area contributed by atoms with Gasteiger partial charge in [-0.3, -0.25) is 0 Å². The summed E-state index contributed by atoms with van der Waals surface area (Å²) in [4.78, 5) is 4.23. The molecule has 1 aromatic heterocycles. The molecule has 2 aliphatic heterocycles. The Bertz CT molecular complexity index is 966. The standard InChI is InChI=1S/C20H17FN2O2/c21-16-8-20-12(5-6-25-20)7-15(16)19(24)9-17-13-3-1-2-4-14(13)18-10-22-11-23(17)18/h1-4,7-8,10-11,17,19,24H,5-6,9H2/t17-,19-/m1/s1. The van der Waals surface area contributed by atoms with E-state index < -0.39 is 11.9 Å². The first kappa shape index (κ1) is 14.7. The molecular formula is C20H17FN2O2. The maximum atomic E-state index is 14.4. The molecule has 3 heterocycles. The number of fused-ring (bicyclic) bond motifs is 4. The van der Waals surface area contributed by atoms with Gasteiger partial charge in [-0.25, -0.2) is 9.37 Å². The van der Waals surface area contributed by atoms with Gasteiger partial charge in [0.15, 0.2) is 0 Å². The second-order valence-corrected chi connectivity index (χ2v) is 6.62. The Balaban J connectivity index is 1.50. The minimum Gasteiger partial charge on any atom is -0.493 e. The van der Waals surface area contributed by atoms with E-state index >= 15 is 0 Å². The van der Waals surface area contributed by atoms with E-state index in [1.165, 1.54) is 6.07 Å². The van der Waals surface area contributed by atoms with Crippen LogP contribution in [0.1, 0.15) is 35.3 Å². The first-order chi connectivity index (χ1) is 12.2. The van der Waals surface area contributed by atoms with Crippen molar-refractivity contribution in [2.75, 3.05) is 6.61 Å². The molecule has 25 heavy (non-hydrogen) atoms. The molecule has 5 rings (SSSR count). The van der Waals surface area contributed by atoms with Gasteiger partial charge in [0, 0.05) is 30.0 Å². The van der Waals surface area contributed by atoms with E-state index in [-0.39, 0.29) is 6.04 Å². The predicted octanol–water partition coefficient (Wildman–Crippen LogP) is 3.65. The minimum atomic E-state index is -0.891. The van der Waals surface area contributed by atoms with Crippen molar-refractivity contribution in [2.45, 2.75) is 25.0 Å². The van der Waals surface area contributed by atoms with Gasteiger partial charge in [0.05, 0.1) is 37.0 Å². The lowest BCUT2D eigenvalue weighted by atomic mass is 9.94. The molecule has 0 amide bonds. The highest BCUT2D eigenvalue weighted by Crippen LogP contribution is 2.43. The number of hydrogen-bond donors (Lipinski definition) is 1. The molecule has 0 bridgehead atoms. The van der Waals surface area contributed by atoms with E-state index in [4.69, 9.17) is 4.74 Å². The molecule has 0 fully saturated rings. The van der Waals surface area contributed by atoms with E-state index in [0.717, 1.165) is 28.8 Å². The van der Waals surface area contributed by atoms with Gasteiger partial charge < -0.3 is 14.4 Å². The first-order valence-corrected chi connectivity index (χ1v) is 8.46. The Kier molecular flexibility index (Phi) is 3.18. The van der Waals surface area contributed by atoms with E-state index in [2.05, 4.69) is 21.7 Å². The molecule has 0 spiro atoms. The van der Waals surface area contributed by atoms with Gasteiger partial charge >= 0.3 is 0 Å². The van der Waals surface area contributed by atoms with Crippen LogP contribution < -0.4 is 4.74 Å². The van der Waals surface area contributed by atoms with Crippen LogP contribution in [0.5, 0.6) is 5.75 Å². The molecule has 4 nitrogen and oxygen atoms in total. The molecule has 0 saturated heterocycles. The quantitative estimate of drug-likeness (QED) is 0.794. The van der Waals surface area contributed by atoms with Crippen molar-refractivity contribution in [1.82, 2.24) is 9.55 Å². The summed E-state index contributed by atoms with van der Waals surface area (Å²) in [6.07, 6.45) is 3.87. The number of aromatic nitrogens is 2. The number of halogens is 1. The number of aliphatic hydroxyl groups excluding tert-OH is 1. The highest BCUT2D eigenvalue weighted by atomic mass is 19.1. The number of ether oxygens (including phenoxy) is 1. The molecule has 5 heteroatoms. The summed E-state index contributed by atoms with van der Waals surface area (Å²) in [5.74, 6) is 0.182. The summed E-state index contributed by atoms with van der Waals surface area (Å²) in [5, 5.41) is 10.8. The molecule has 3 aromatic rings. The molecule has 1 N–H and O–H groups in total. The van der Waals surface area contributed by atoms with Gasteiger partial charge in [-0.1, -0.05) is 24.3 Å². The van der Waals surface area contributed by atoms with Crippen LogP contribution in [0.4, 0.5) is 4.39 Å². The summed E-state index contributed by atoms with van der Waals surface area (Å²) in [6, 6.07) is 11.2. The maximum absolute atomic E-state index is 14.4. The van der Waals surface area contributed by atoms with E-state index in [1.54, 1.807) is 12.4 Å². The summed E-state index contributed by atoms with van der Waals surface area (Å²) in [5.41, 5.74) is 4.61. The Morgan fingerprint density at radius 1 is 1.32 bits per heavy atom. The summed E-state index contributed by atoms with van der Waals surface area (Å²) in [6.45, 7) is 0.572. The van der Waals surface area contributed by atoms with Crippen LogP contribution in [0.25, 0.3) is 11.3 Å². The van der Waals surface area contributed by atoms with Crippen molar-refractivity contribution < 1.29 is 14.2 Å². The molecule has 0 saturated carbocycles. The van der Waals surface area contributed by atoms with Gasteiger partial charge in [0.25, 0.3) is 0 Å². The number of aliphatic hydroxyl groups is 1. The van der Waals surface area contributed by atoms with Crippen LogP contribution in [0.2, 0.25) is 0 Å². The summed E-state index contributed by atoms with van der Waals surface area (Å²) in [7, 11) is 0. The molecule has 0 aliphatic carbocycles. The average Bonchev–Trinajstić information content (AvgIpc) is 3.31. The zero-order valence-corrected chi connectivity index (χ0v) is 13.5. The fourth-order valence-corrected chi connectivity index (χ4v) is 3.99. The highest BCUT2D eigenvalue weighted by molar-refractivity contribution is 5.68. The number of hydrogen-bond acceptors (Lipinski definition) is 3. The molecule has 0 radical (unpaired) electrons. The van der Waals surface area contributed by atoms with Gasteiger partial charge in [-0.05, 0) is 17.2 Å². The van der Waals surface area contributed by atoms with Crippen LogP contribution >= 0.6 is 0 Å². The van der Waals surface area contributed by atoms with E-state index in [0.29, 0.717) is 24.3 Å².